The number of phenols is 1. The molecule has 0 bridgehead atoms. The Morgan fingerprint density at radius 2 is 1.95 bits per heavy atom. The van der Waals surface area contributed by atoms with Gasteiger partial charge < -0.3 is 5.11 Å². The van der Waals surface area contributed by atoms with Gasteiger partial charge in [0.15, 0.2) is 0 Å². The number of likely N-dealkylation sites (tertiary alicyclic amines) is 1. The summed E-state index contributed by atoms with van der Waals surface area (Å²) in [4.78, 5) is 2.50. The summed E-state index contributed by atoms with van der Waals surface area (Å²) in [6.07, 6.45) is 2.39. The highest BCUT2D eigenvalue weighted by Crippen LogP contribution is 2.40. The summed E-state index contributed by atoms with van der Waals surface area (Å²) in [5.74, 6) is 0.379. The summed E-state index contributed by atoms with van der Waals surface area (Å²) in [5.41, 5.74) is 2.36. The van der Waals surface area contributed by atoms with Crippen LogP contribution in [-0.4, -0.2) is 16.6 Å². The van der Waals surface area contributed by atoms with E-state index in [1.165, 1.54) is 18.4 Å². The van der Waals surface area contributed by atoms with Gasteiger partial charge in [-0.25, -0.2) is 0 Å². The zero-order chi connectivity index (χ0) is 14.8. The fourth-order valence-corrected chi connectivity index (χ4v) is 3.70. The van der Waals surface area contributed by atoms with Gasteiger partial charge in [-0.2, -0.15) is 0 Å². The average Bonchev–Trinajstić information content (AvgIpc) is 2.99. The largest absolute Gasteiger partial charge is 0.508 e. The van der Waals surface area contributed by atoms with Crippen LogP contribution in [0.1, 0.15) is 43.0 Å². The van der Waals surface area contributed by atoms with E-state index in [4.69, 9.17) is 0 Å². The molecule has 1 N–H and O–H groups in total. The molecule has 3 rings (SSSR count). The molecule has 2 nitrogen and oxygen atoms in total. The summed E-state index contributed by atoms with van der Waals surface area (Å²) in [6.45, 7) is 3.26. The van der Waals surface area contributed by atoms with Crippen molar-refractivity contribution < 1.29 is 5.11 Å². The number of benzene rings is 2. The third-order valence-electron chi connectivity index (χ3n) is 4.42. The summed E-state index contributed by atoms with van der Waals surface area (Å²) in [6, 6.07) is 17.0. The van der Waals surface area contributed by atoms with Crippen molar-refractivity contribution in [2.45, 2.75) is 31.8 Å². The molecule has 0 aliphatic carbocycles. The molecule has 1 fully saturated rings. The Bertz CT molecular complexity index is 614. The van der Waals surface area contributed by atoms with Crippen molar-refractivity contribution in [1.29, 1.82) is 0 Å². The first-order valence-electron chi connectivity index (χ1n) is 7.46. The molecule has 2 unspecified atom stereocenters. The number of aromatic hydroxyl groups is 1. The minimum atomic E-state index is 0.204. The van der Waals surface area contributed by atoms with Gasteiger partial charge in [-0.1, -0.05) is 46.3 Å². The van der Waals surface area contributed by atoms with Gasteiger partial charge in [-0.05, 0) is 50.1 Å². The van der Waals surface area contributed by atoms with Crippen LogP contribution in [0.2, 0.25) is 0 Å². The number of rotatable bonds is 3. The molecule has 0 aromatic heterocycles. The van der Waals surface area contributed by atoms with Crippen LogP contribution in [0, 0.1) is 0 Å². The molecule has 1 heterocycles. The van der Waals surface area contributed by atoms with E-state index >= 15 is 0 Å². The number of halogens is 1. The van der Waals surface area contributed by atoms with Crippen molar-refractivity contribution in [1.82, 2.24) is 4.90 Å². The smallest absolute Gasteiger partial charge is 0.120 e. The van der Waals surface area contributed by atoms with Gasteiger partial charge in [-0.3, -0.25) is 4.90 Å². The molecule has 0 radical (unpaired) electrons. The number of phenolic OH excluding ortho intramolecular Hbond substituents is 1. The second-order valence-electron chi connectivity index (χ2n) is 5.69. The molecule has 1 aliphatic rings. The number of hydrogen-bond acceptors (Lipinski definition) is 2. The normalized spacial score (nSPS) is 20.6. The van der Waals surface area contributed by atoms with Crippen LogP contribution in [-0.2, 0) is 0 Å². The van der Waals surface area contributed by atoms with Crippen LogP contribution in [0.5, 0.6) is 5.75 Å². The Balaban J connectivity index is 1.90. The standard InChI is InChI=1S/C18H20BrNO/c1-13(16-12-15(19)9-10-18(16)21)20-11-5-8-17(20)14-6-3-2-4-7-14/h2-4,6-7,9-10,12-13,17,21H,5,8,11H2,1H3. The lowest BCUT2D eigenvalue weighted by Crippen LogP contribution is -2.26. The van der Waals surface area contributed by atoms with Crippen molar-refractivity contribution in [3.8, 4) is 5.75 Å². The van der Waals surface area contributed by atoms with Gasteiger partial charge in [0, 0.05) is 22.1 Å². The zero-order valence-corrected chi connectivity index (χ0v) is 13.8. The predicted molar refractivity (Wildman–Crippen MR) is 89.3 cm³/mol. The van der Waals surface area contributed by atoms with Crippen LogP contribution in [0.15, 0.2) is 53.0 Å². The third-order valence-corrected chi connectivity index (χ3v) is 4.91. The van der Waals surface area contributed by atoms with Crippen LogP contribution in [0.25, 0.3) is 0 Å². The van der Waals surface area contributed by atoms with Gasteiger partial charge in [0.05, 0.1) is 0 Å². The topological polar surface area (TPSA) is 23.5 Å². The molecular formula is C18H20BrNO. The molecule has 2 aromatic carbocycles. The van der Waals surface area contributed by atoms with E-state index in [9.17, 15) is 5.11 Å². The van der Waals surface area contributed by atoms with Gasteiger partial charge in [0.1, 0.15) is 5.75 Å². The maximum Gasteiger partial charge on any atom is 0.120 e. The van der Waals surface area contributed by atoms with Gasteiger partial charge in [0.2, 0.25) is 0 Å². The van der Waals surface area contributed by atoms with Crippen molar-refractivity contribution in [2.75, 3.05) is 6.54 Å². The second kappa shape index (κ2) is 6.20. The Hall–Kier alpha value is -1.32. The fraction of sp³-hybridized carbons (Fsp3) is 0.333. The van der Waals surface area contributed by atoms with E-state index in [2.05, 4.69) is 58.1 Å². The van der Waals surface area contributed by atoms with E-state index < -0.39 is 0 Å². The van der Waals surface area contributed by atoms with Gasteiger partial charge in [0.25, 0.3) is 0 Å². The molecular weight excluding hydrogens is 326 g/mol. The molecule has 1 saturated heterocycles. The van der Waals surface area contributed by atoms with E-state index in [1.54, 1.807) is 6.07 Å². The lowest BCUT2D eigenvalue weighted by Gasteiger charge is -2.31. The Morgan fingerprint density at radius 3 is 2.71 bits per heavy atom. The monoisotopic (exact) mass is 345 g/mol. The van der Waals surface area contributed by atoms with Crippen molar-refractivity contribution >= 4 is 15.9 Å². The van der Waals surface area contributed by atoms with Crippen molar-refractivity contribution in [3.05, 3.63) is 64.1 Å². The maximum absolute atomic E-state index is 10.2. The number of hydrogen-bond donors (Lipinski definition) is 1. The Morgan fingerprint density at radius 1 is 1.19 bits per heavy atom. The SMILES string of the molecule is CC(c1cc(Br)ccc1O)N1CCCC1c1ccccc1. The Kier molecular flexibility index (Phi) is 4.32. The van der Waals surface area contributed by atoms with Crippen LogP contribution in [0.4, 0.5) is 0 Å². The molecule has 2 atom stereocenters. The molecule has 21 heavy (non-hydrogen) atoms. The number of nitrogens with zero attached hydrogens (tertiary/aromatic N) is 1. The van der Waals surface area contributed by atoms with Crippen molar-refractivity contribution in [3.63, 3.8) is 0 Å². The second-order valence-corrected chi connectivity index (χ2v) is 6.60. The first kappa shape index (κ1) is 14.6. The van der Waals surface area contributed by atoms with E-state index in [0.717, 1.165) is 16.6 Å². The van der Waals surface area contributed by atoms with Gasteiger partial charge in [-0.15, -0.1) is 0 Å². The van der Waals surface area contributed by atoms with Crippen LogP contribution < -0.4 is 0 Å². The van der Waals surface area contributed by atoms with E-state index in [-0.39, 0.29) is 6.04 Å². The minimum absolute atomic E-state index is 0.204. The highest BCUT2D eigenvalue weighted by atomic mass is 79.9. The van der Waals surface area contributed by atoms with E-state index in [0.29, 0.717) is 11.8 Å². The summed E-state index contributed by atoms with van der Waals surface area (Å²) >= 11 is 3.50. The molecule has 2 aromatic rings. The lowest BCUT2D eigenvalue weighted by atomic mass is 10.0. The van der Waals surface area contributed by atoms with Crippen LogP contribution in [0.3, 0.4) is 0 Å². The highest BCUT2D eigenvalue weighted by Gasteiger charge is 2.31. The molecule has 0 amide bonds. The zero-order valence-electron chi connectivity index (χ0n) is 12.2. The minimum Gasteiger partial charge on any atom is -0.508 e. The Labute approximate surface area is 134 Å². The first-order valence-corrected chi connectivity index (χ1v) is 8.25. The third kappa shape index (κ3) is 2.99. The quantitative estimate of drug-likeness (QED) is 0.840. The summed E-state index contributed by atoms with van der Waals surface area (Å²) < 4.78 is 1.01. The maximum atomic E-state index is 10.2. The highest BCUT2D eigenvalue weighted by molar-refractivity contribution is 9.10. The fourth-order valence-electron chi connectivity index (χ4n) is 3.32. The molecule has 3 heteroatoms. The van der Waals surface area contributed by atoms with Crippen molar-refractivity contribution in [2.24, 2.45) is 0 Å². The lowest BCUT2D eigenvalue weighted by molar-refractivity contribution is 0.191. The summed E-state index contributed by atoms with van der Waals surface area (Å²) in [7, 11) is 0. The molecule has 1 aliphatic heterocycles. The van der Waals surface area contributed by atoms with Gasteiger partial charge >= 0.3 is 0 Å². The molecule has 0 spiro atoms. The molecule has 0 saturated carbocycles. The molecule has 110 valence electrons. The van der Waals surface area contributed by atoms with Crippen LogP contribution >= 0.6 is 15.9 Å². The first-order chi connectivity index (χ1) is 10.2. The average molecular weight is 346 g/mol. The summed E-state index contributed by atoms with van der Waals surface area (Å²) in [5, 5.41) is 10.2. The predicted octanol–water partition coefficient (Wildman–Crippen LogP) is 5.05. The van der Waals surface area contributed by atoms with E-state index in [1.807, 2.05) is 12.1 Å².